The van der Waals surface area contributed by atoms with Gasteiger partial charge in [0.2, 0.25) is 0 Å². The number of carbonyl (C=O) groups is 1. The number of carbonyl (C=O) groups excluding carboxylic acids is 1. The number of nitrogens with two attached hydrogens (primary N) is 1. The van der Waals surface area contributed by atoms with Crippen LogP contribution in [0.2, 0.25) is 0 Å². The van der Waals surface area contributed by atoms with Crippen LogP contribution >= 0.6 is 0 Å². The van der Waals surface area contributed by atoms with E-state index in [1.165, 1.54) is 14.2 Å². The summed E-state index contributed by atoms with van der Waals surface area (Å²) in [5, 5.41) is 2.81. The summed E-state index contributed by atoms with van der Waals surface area (Å²) in [5.41, 5.74) is 6.60. The Kier molecular flexibility index (Phi) is 7.39. The second-order valence-corrected chi connectivity index (χ2v) is 4.52. The molecule has 1 aromatic carbocycles. The van der Waals surface area contributed by atoms with Crippen LogP contribution in [0.5, 0.6) is 11.5 Å². The van der Waals surface area contributed by atoms with E-state index in [1.807, 2.05) is 0 Å². The molecule has 0 unspecified atom stereocenters. The van der Waals surface area contributed by atoms with Crippen molar-refractivity contribution in [2.45, 2.75) is 19.8 Å². The minimum Gasteiger partial charge on any atom is -0.493 e. The average Bonchev–Trinajstić information content (AvgIpc) is 2.50. The van der Waals surface area contributed by atoms with E-state index in [-0.39, 0.29) is 5.91 Å². The SMILES string of the molecule is CCCOCCCNC(=O)c1cc(OC)c(OC)cc1N. The molecule has 0 bridgehead atoms. The number of nitrogen functional groups attached to an aromatic ring is 1. The Balaban J connectivity index is 2.57. The molecular weight excluding hydrogens is 272 g/mol. The molecule has 1 aromatic rings. The molecule has 0 fully saturated rings. The van der Waals surface area contributed by atoms with Crippen molar-refractivity contribution in [3.05, 3.63) is 17.7 Å². The summed E-state index contributed by atoms with van der Waals surface area (Å²) in [6, 6.07) is 3.16. The molecule has 0 aliphatic rings. The zero-order valence-corrected chi connectivity index (χ0v) is 12.9. The fourth-order valence-corrected chi connectivity index (χ4v) is 1.81. The van der Waals surface area contributed by atoms with Gasteiger partial charge in [-0.15, -0.1) is 0 Å². The fraction of sp³-hybridized carbons (Fsp3) is 0.533. The monoisotopic (exact) mass is 296 g/mol. The molecule has 0 saturated heterocycles. The zero-order valence-electron chi connectivity index (χ0n) is 12.9. The number of nitrogens with one attached hydrogen (secondary N) is 1. The normalized spacial score (nSPS) is 10.2. The minimum atomic E-state index is -0.232. The van der Waals surface area contributed by atoms with Crippen molar-refractivity contribution in [3.8, 4) is 11.5 Å². The molecule has 0 radical (unpaired) electrons. The molecule has 0 spiro atoms. The third kappa shape index (κ3) is 5.15. The van der Waals surface area contributed by atoms with E-state index in [0.29, 0.717) is 35.9 Å². The van der Waals surface area contributed by atoms with Crippen LogP contribution in [0.3, 0.4) is 0 Å². The molecular formula is C15H24N2O4. The Morgan fingerprint density at radius 2 is 1.86 bits per heavy atom. The van der Waals surface area contributed by atoms with Gasteiger partial charge in [-0.2, -0.15) is 0 Å². The summed E-state index contributed by atoms with van der Waals surface area (Å²) in [5.74, 6) is 0.742. The van der Waals surface area contributed by atoms with Crippen LogP contribution in [-0.2, 0) is 4.74 Å². The molecule has 0 aliphatic carbocycles. The molecule has 6 nitrogen and oxygen atoms in total. The van der Waals surface area contributed by atoms with Crippen molar-refractivity contribution in [2.75, 3.05) is 39.7 Å². The van der Waals surface area contributed by atoms with Gasteiger partial charge in [-0.1, -0.05) is 6.92 Å². The van der Waals surface area contributed by atoms with Gasteiger partial charge >= 0.3 is 0 Å². The lowest BCUT2D eigenvalue weighted by Crippen LogP contribution is -2.26. The lowest BCUT2D eigenvalue weighted by molar-refractivity contribution is 0.0942. The summed E-state index contributed by atoms with van der Waals surface area (Å²) < 4.78 is 15.7. The molecule has 1 rings (SSSR count). The van der Waals surface area contributed by atoms with Gasteiger partial charge in [0.1, 0.15) is 0 Å². The summed E-state index contributed by atoms with van der Waals surface area (Å²) in [6.07, 6.45) is 1.76. The van der Waals surface area contributed by atoms with Gasteiger partial charge < -0.3 is 25.3 Å². The van der Waals surface area contributed by atoms with Crippen molar-refractivity contribution < 1.29 is 19.0 Å². The smallest absolute Gasteiger partial charge is 0.253 e. The Morgan fingerprint density at radius 3 is 2.48 bits per heavy atom. The van der Waals surface area contributed by atoms with Crippen LogP contribution in [0.1, 0.15) is 30.1 Å². The number of methoxy groups -OCH3 is 2. The second kappa shape index (κ2) is 9.07. The molecule has 1 amide bonds. The molecule has 6 heteroatoms. The van der Waals surface area contributed by atoms with E-state index >= 15 is 0 Å². The van der Waals surface area contributed by atoms with Crippen LogP contribution in [-0.4, -0.2) is 39.9 Å². The third-order valence-corrected chi connectivity index (χ3v) is 2.90. The quantitative estimate of drug-likeness (QED) is 0.536. The van der Waals surface area contributed by atoms with Crippen molar-refractivity contribution in [3.63, 3.8) is 0 Å². The van der Waals surface area contributed by atoms with E-state index in [2.05, 4.69) is 12.2 Å². The highest BCUT2D eigenvalue weighted by Crippen LogP contribution is 2.31. The van der Waals surface area contributed by atoms with Gasteiger partial charge in [-0.3, -0.25) is 4.79 Å². The van der Waals surface area contributed by atoms with Gasteiger partial charge in [0.15, 0.2) is 11.5 Å². The number of ether oxygens (including phenoxy) is 3. The summed E-state index contributed by atoms with van der Waals surface area (Å²) >= 11 is 0. The Bertz CT molecular complexity index is 463. The van der Waals surface area contributed by atoms with E-state index < -0.39 is 0 Å². The lowest BCUT2D eigenvalue weighted by Gasteiger charge is -2.12. The van der Waals surface area contributed by atoms with Gasteiger partial charge in [-0.25, -0.2) is 0 Å². The highest BCUT2D eigenvalue weighted by molar-refractivity contribution is 6.00. The van der Waals surface area contributed by atoms with Gasteiger partial charge in [0, 0.05) is 31.5 Å². The number of anilines is 1. The Hall–Kier alpha value is -1.95. The number of hydrogen-bond acceptors (Lipinski definition) is 5. The molecule has 0 heterocycles. The van der Waals surface area contributed by atoms with Crippen molar-refractivity contribution in [1.29, 1.82) is 0 Å². The summed E-state index contributed by atoms with van der Waals surface area (Å²) in [7, 11) is 3.04. The first-order valence-corrected chi connectivity index (χ1v) is 7.01. The van der Waals surface area contributed by atoms with Gasteiger partial charge in [0.05, 0.1) is 19.8 Å². The van der Waals surface area contributed by atoms with Crippen LogP contribution in [0.25, 0.3) is 0 Å². The topological polar surface area (TPSA) is 82.8 Å². The van der Waals surface area contributed by atoms with E-state index in [1.54, 1.807) is 12.1 Å². The lowest BCUT2D eigenvalue weighted by atomic mass is 10.1. The van der Waals surface area contributed by atoms with Crippen LogP contribution in [0, 0.1) is 0 Å². The van der Waals surface area contributed by atoms with Crippen molar-refractivity contribution in [2.24, 2.45) is 0 Å². The average molecular weight is 296 g/mol. The van der Waals surface area contributed by atoms with Crippen LogP contribution in [0.4, 0.5) is 5.69 Å². The molecule has 0 aromatic heterocycles. The highest BCUT2D eigenvalue weighted by Gasteiger charge is 2.14. The number of amides is 1. The van der Waals surface area contributed by atoms with E-state index in [9.17, 15) is 4.79 Å². The largest absolute Gasteiger partial charge is 0.493 e. The highest BCUT2D eigenvalue weighted by atomic mass is 16.5. The predicted molar refractivity (Wildman–Crippen MR) is 82.0 cm³/mol. The summed E-state index contributed by atoms with van der Waals surface area (Å²) in [4.78, 5) is 12.1. The van der Waals surface area contributed by atoms with Crippen LogP contribution in [0.15, 0.2) is 12.1 Å². The summed E-state index contributed by atoms with van der Waals surface area (Å²) in [6.45, 7) is 3.98. The first-order chi connectivity index (χ1) is 10.1. The maximum absolute atomic E-state index is 12.1. The maximum atomic E-state index is 12.1. The number of hydrogen-bond donors (Lipinski definition) is 2. The fourth-order valence-electron chi connectivity index (χ4n) is 1.81. The third-order valence-electron chi connectivity index (χ3n) is 2.90. The number of benzene rings is 1. The van der Waals surface area contributed by atoms with Gasteiger partial charge in [-0.05, 0) is 18.9 Å². The molecule has 3 N–H and O–H groups in total. The number of rotatable bonds is 9. The Morgan fingerprint density at radius 1 is 1.19 bits per heavy atom. The minimum absolute atomic E-state index is 0.232. The van der Waals surface area contributed by atoms with Crippen molar-refractivity contribution in [1.82, 2.24) is 5.32 Å². The van der Waals surface area contributed by atoms with Gasteiger partial charge in [0.25, 0.3) is 5.91 Å². The molecule has 21 heavy (non-hydrogen) atoms. The standard InChI is InChI=1S/C15H24N2O4/c1-4-7-21-8-5-6-17-15(18)11-9-13(19-2)14(20-3)10-12(11)16/h9-10H,4-8,16H2,1-3H3,(H,17,18). The van der Waals surface area contributed by atoms with Crippen LogP contribution < -0.4 is 20.5 Å². The second-order valence-electron chi connectivity index (χ2n) is 4.52. The molecule has 0 atom stereocenters. The Labute approximate surface area is 125 Å². The van der Waals surface area contributed by atoms with Crippen molar-refractivity contribution >= 4 is 11.6 Å². The van der Waals surface area contributed by atoms with E-state index in [4.69, 9.17) is 19.9 Å². The molecule has 0 aliphatic heterocycles. The first-order valence-electron chi connectivity index (χ1n) is 7.01. The first kappa shape index (κ1) is 17.1. The molecule has 0 saturated carbocycles. The predicted octanol–water partition coefficient (Wildman–Crippen LogP) is 1.83. The maximum Gasteiger partial charge on any atom is 0.253 e. The zero-order chi connectivity index (χ0) is 15.7. The molecule has 118 valence electrons. The van der Waals surface area contributed by atoms with E-state index in [0.717, 1.165) is 19.4 Å².